The zero-order chi connectivity index (χ0) is 16.1. The molecule has 22 heavy (non-hydrogen) atoms. The van der Waals surface area contributed by atoms with Crippen LogP contribution in [0.15, 0.2) is 45.0 Å². The highest BCUT2D eigenvalue weighted by molar-refractivity contribution is 9.10. The van der Waals surface area contributed by atoms with Gasteiger partial charge in [-0.3, -0.25) is 0 Å². The van der Waals surface area contributed by atoms with Crippen molar-refractivity contribution in [2.45, 2.75) is 23.6 Å². The number of rotatable bonds is 2. The van der Waals surface area contributed by atoms with Crippen LogP contribution in [0.1, 0.15) is 11.1 Å². The fraction of sp³-hybridized carbons (Fsp3) is 0.133. The van der Waals surface area contributed by atoms with Gasteiger partial charge in [0.2, 0.25) is 9.84 Å². The fourth-order valence-corrected chi connectivity index (χ4v) is 4.63. The second kappa shape index (κ2) is 5.17. The van der Waals surface area contributed by atoms with Crippen LogP contribution >= 0.6 is 15.9 Å². The molecule has 0 unspecified atom stereocenters. The number of aromatic amines is 1. The molecule has 0 bridgehead atoms. The first-order chi connectivity index (χ1) is 10.3. The van der Waals surface area contributed by atoms with E-state index in [9.17, 15) is 12.8 Å². The van der Waals surface area contributed by atoms with Gasteiger partial charge in [-0.2, -0.15) is 0 Å². The van der Waals surface area contributed by atoms with Crippen LogP contribution in [0.2, 0.25) is 0 Å². The van der Waals surface area contributed by atoms with E-state index in [1.807, 2.05) is 0 Å². The largest absolute Gasteiger partial charge is 0.360 e. The lowest BCUT2D eigenvalue weighted by Crippen LogP contribution is -2.05. The molecule has 0 spiro atoms. The van der Waals surface area contributed by atoms with Gasteiger partial charge in [0, 0.05) is 23.3 Å². The van der Waals surface area contributed by atoms with E-state index in [-0.39, 0.29) is 9.79 Å². The van der Waals surface area contributed by atoms with E-state index in [0.29, 0.717) is 26.6 Å². The van der Waals surface area contributed by atoms with Crippen molar-refractivity contribution in [1.82, 2.24) is 9.97 Å². The van der Waals surface area contributed by atoms with E-state index in [1.165, 1.54) is 24.5 Å². The second-order valence-corrected chi connectivity index (χ2v) is 7.77. The van der Waals surface area contributed by atoms with E-state index >= 15 is 0 Å². The third-order valence-electron chi connectivity index (χ3n) is 3.51. The van der Waals surface area contributed by atoms with Crippen LogP contribution in [0.4, 0.5) is 4.39 Å². The maximum atomic E-state index is 13.5. The summed E-state index contributed by atoms with van der Waals surface area (Å²) in [5.74, 6) is -0.405. The van der Waals surface area contributed by atoms with Crippen LogP contribution in [-0.2, 0) is 9.84 Å². The van der Waals surface area contributed by atoms with Crippen LogP contribution in [0.3, 0.4) is 0 Å². The Hall–Kier alpha value is -1.73. The van der Waals surface area contributed by atoms with Crippen LogP contribution < -0.4 is 0 Å². The third-order valence-corrected chi connectivity index (χ3v) is 5.85. The molecular formula is C15H12BrFN2O2S. The standard InChI is InChI=1S/C15H12BrFN2O2S/c1-8-4-14(16)19-6-12(8)22(20,21)13-7-18-11-5-10(17)3-9(2)15(11)13/h3-7,18H,1-2H3. The number of hydrogen-bond acceptors (Lipinski definition) is 3. The SMILES string of the molecule is Cc1cc(Br)ncc1S(=O)(=O)c1c[nH]c2cc(F)cc(C)c12. The van der Waals surface area contributed by atoms with E-state index in [1.54, 1.807) is 19.9 Å². The number of nitrogens with one attached hydrogen (secondary N) is 1. The summed E-state index contributed by atoms with van der Waals surface area (Å²) in [6.07, 6.45) is 2.72. The number of nitrogens with zero attached hydrogens (tertiary/aromatic N) is 1. The lowest BCUT2D eigenvalue weighted by molar-refractivity contribution is 0.595. The number of hydrogen-bond donors (Lipinski definition) is 1. The molecule has 0 aliphatic carbocycles. The van der Waals surface area contributed by atoms with Crippen molar-refractivity contribution in [3.63, 3.8) is 0 Å². The third kappa shape index (κ3) is 2.34. The number of aromatic nitrogens is 2. The average molecular weight is 383 g/mol. The molecule has 4 nitrogen and oxygen atoms in total. The van der Waals surface area contributed by atoms with E-state index in [2.05, 4.69) is 25.9 Å². The van der Waals surface area contributed by atoms with Crippen LogP contribution in [0, 0.1) is 19.7 Å². The first-order valence-electron chi connectivity index (χ1n) is 6.45. The van der Waals surface area contributed by atoms with Gasteiger partial charge in [-0.15, -0.1) is 0 Å². The molecule has 1 N–H and O–H groups in total. The highest BCUT2D eigenvalue weighted by atomic mass is 79.9. The summed E-state index contributed by atoms with van der Waals surface area (Å²) in [4.78, 5) is 7.10. The monoisotopic (exact) mass is 382 g/mol. The highest BCUT2D eigenvalue weighted by Gasteiger charge is 2.25. The molecule has 0 fully saturated rings. The molecule has 0 atom stereocenters. The Bertz CT molecular complexity index is 996. The zero-order valence-electron chi connectivity index (χ0n) is 11.8. The van der Waals surface area contributed by atoms with E-state index < -0.39 is 15.7 Å². The predicted octanol–water partition coefficient (Wildman–Crippen LogP) is 3.91. The summed E-state index contributed by atoms with van der Waals surface area (Å²) in [6.45, 7) is 3.39. The Morgan fingerprint density at radius 3 is 2.55 bits per heavy atom. The number of H-pyrrole nitrogens is 1. The summed E-state index contributed by atoms with van der Waals surface area (Å²) in [6, 6.07) is 4.25. The Kier molecular flexibility index (Phi) is 3.57. The quantitative estimate of drug-likeness (QED) is 0.683. The number of sulfone groups is 1. The zero-order valence-corrected chi connectivity index (χ0v) is 14.2. The van der Waals surface area contributed by atoms with Crippen molar-refractivity contribution in [2.75, 3.05) is 0 Å². The Morgan fingerprint density at radius 2 is 1.86 bits per heavy atom. The number of pyridine rings is 1. The fourth-order valence-electron chi connectivity index (χ4n) is 2.52. The summed E-state index contributed by atoms with van der Waals surface area (Å²) in [5.41, 5.74) is 1.62. The van der Waals surface area contributed by atoms with Gasteiger partial charge in [0.15, 0.2) is 0 Å². The molecule has 0 saturated heterocycles. The van der Waals surface area contributed by atoms with Crippen molar-refractivity contribution in [3.8, 4) is 0 Å². The second-order valence-electron chi connectivity index (χ2n) is 5.07. The molecule has 0 radical (unpaired) electrons. The first-order valence-corrected chi connectivity index (χ1v) is 8.73. The highest BCUT2D eigenvalue weighted by Crippen LogP contribution is 2.32. The molecule has 0 amide bonds. The van der Waals surface area contributed by atoms with Crippen LogP contribution in [0.25, 0.3) is 10.9 Å². The maximum Gasteiger partial charge on any atom is 0.210 e. The first kappa shape index (κ1) is 15.2. The molecule has 3 rings (SSSR count). The summed E-state index contributed by atoms with van der Waals surface area (Å²) >= 11 is 3.22. The lowest BCUT2D eigenvalue weighted by atomic mass is 10.1. The number of benzene rings is 1. The number of halogens is 2. The van der Waals surface area contributed by atoms with Gasteiger partial charge >= 0.3 is 0 Å². The summed E-state index contributed by atoms with van der Waals surface area (Å²) < 4.78 is 39.8. The van der Waals surface area contributed by atoms with Gasteiger partial charge in [0.05, 0.1) is 9.79 Å². The molecular weight excluding hydrogens is 371 g/mol. The molecule has 1 aromatic carbocycles. The van der Waals surface area contributed by atoms with Crippen molar-refractivity contribution < 1.29 is 12.8 Å². The van der Waals surface area contributed by atoms with Crippen LogP contribution in [0.5, 0.6) is 0 Å². The maximum absolute atomic E-state index is 13.5. The molecule has 2 heterocycles. The van der Waals surface area contributed by atoms with E-state index in [0.717, 1.165) is 0 Å². The smallest absolute Gasteiger partial charge is 0.210 e. The van der Waals surface area contributed by atoms with E-state index in [4.69, 9.17) is 0 Å². The topological polar surface area (TPSA) is 62.8 Å². The van der Waals surface area contributed by atoms with Gasteiger partial charge in [-0.05, 0) is 59.1 Å². The lowest BCUT2D eigenvalue weighted by Gasteiger charge is -2.08. The molecule has 114 valence electrons. The minimum absolute atomic E-state index is 0.132. The number of aryl methyl sites for hydroxylation is 2. The van der Waals surface area contributed by atoms with Crippen molar-refractivity contribution in [2.24, 2.45) is 0 Å². The molecule has 3 aromatic rings. The molecule has 0 saturated carbocycles. The molecule has 0 aliphatic rings. The normalized spacial score (nSPS) is 12.0. The summed E-state index contributed by atoms with van der Waals surface area (Å²) in [7, 11) is -3.74. The minimum Gasteiger partial charge on any atom is -0.360 e. The average Bonchev–Trinajstić information content (AvgIpc) is 2.82. The molecule has 0 aliphatic heterocycles. The Balaban J connectivity index is 2.30. The van der Waals surface area contributed by atoms with Gasteiger partial charge in [0.1, 0.15) is 10.4 Å². The Morgan fingerprint density at radius 1 is 1.14 bits per heavy atom. The van der Waals surface area contributed by atoms with Crippen LogP contribution in [-0.4, -0.2) is 18.4 Å². The number of fused-ring (bicyclic) bond motifs is 1. The van der Waals surface area contributed by atoms with Gasteiger partial charge < -0.3 is 4.98 Å². The summed E-state index contributed by atoms with van der Waals surface area (Å²) in [5, 5.41) is 0.503. The predicted molar refractivity (Wildman–Crippen MR) is 85.1 cm³/mol. The van der Waals surface area contributed by atoms with Crippen molar-refractivity contribution >= 4 is 36.7 Å². The Labute approximate surface area is 135 Å². The van der Waals surface area contributed by atoms with Crippen molar-refractivity contribution in [1.29, 1.82) is 0 Å². The van der Waals surface area contributed by atoms with Gasteiger partial charge in [-0.25, -0.2) is 17.8 Å². The van der Waals surface area contributed by atoms with Gasteiger partial charge in [0.25, 0.3) is 0 Å². The van der Waals surface area contributed by atoms with Crippen molar-refractivity contribution in [3.05, 3.63) is 52.1 Å². The molecule has 2 aromatic heterocycles. The molecule has 7 heteroatoms. The van der Waals surface area contributed by atoms with Gasteiger partial charge in [-0.1, -0.05) is 0 Å². The minimum atomic E-state index is -3.74.